The molecule has 1 unspecified atom stereocenters. The summed E-state index contributed by atoms with van der Waals surface area (Å²) in [5, 5.41) is 3.12. The maximum absolute atomic E-state index is 12.4. The van der Waals surface area contributed by atoms with Crippen LogP contribution >= 0.6 is 22.1 Å². The topological polar surface area (TPSA) is 77.5 Å². The lowest BCUT2D eigenvalue weighted by molar-refractivity contribution is -0.115. The van der Waals surface area contributed by atoms with Gasteiger partial charge in [-0.05, 0) is 69.0 Å². The molecule has 1 atom stereocenters. The number of hydrogen-bond donors (Lipinski definition) is 1. The highest BCUT2D eigenvalue weighted by molar-refractivity contribution is 8.11. The molecule has 0 saturated heterocycles. The third-order valence-corrected chi connectivity index (χ3v) is 6.46. The van der Waals surface area contributed by atoms with Crippen LogP contribution in [-0.4, -0.2) is 34.1 Å². The fourth-order valence-corrected chi connectivity index (χ4v) is 3.60. The zero-order valence-electron chi connectivity index (χ0n) is 18.8. The Morgan fingerprint density at radius 3 is 2.57 bits per heavy atom. The number of aryl methyl sites for hydroxylation is 1. The van der Waals surface area contributed by atoms with Crippen molar-refractivity contribution in [2.24, 2.45) is 0 Å². The van der Waals surface area contributed by atoms with E-state index in [1.165, 1.54) is 0 Å². The maximum Gasteiger partial charge on any atom is 0.350 e. The molecule has 0 radical (unpaired) electrons. The Bertz CT molecular complexity index is 892. The number of carbonyl (C=O) groups is 2. The molecule has 1 heterocycles. The van der Waals surface area contributed by atoms with Gasteiger partial charge in [-0.3, -0.25) is 4.79 Å². The number of thiazole rings is 1. The highest BCUT2D eigenvalue weighted by Gasteiger charge is 2.18. The SMILES string of the molecule is C=S(Oc1cccc(CC(=O)Nc2nc(C)c(C(=O)OCC)s2)c1)C(C)(C)C.CC.[HH]. The molecular formula is C22H34N2O4S2. The number of amides is 1. The molecular weight excluding hydrogens is 420 g/mol. The van der Waals surface area contributed by atoms with Crippen LogP contribution in [0.2, 0.25) is 0 Å². The van der Waals surface area contributed by atoms with Gasteiger partial charge in [0.25, 0.3) is 0 Å². The van der Waals surface area contributed by atoms with Crippen molar-refractivity contribution in [1.29, 1.82) is 0 Å². The van der Waals surface area contributed by atoms with Crippen LogP contribution in [0.5, 0.6) is 5.75 Å². The largest absolute Gasteiger partial charge is 0.462 e. The predicted octanol–water partition coefficient (Wildman–Crippen LogP) is 5.87. The van der Waals surface area contributed by atoms with Gasteiger partial charge in [-0.25, -0.2) is 9.78 Å². The normalized spacial score (nSPS) is 11.7. The molecule has 1 aromatic heterocycles. The van der Waals surface area contributed by atoms with Gasteiger partial charge >= 0.3 is 5.97 Å². The lowest BCUT2D eigenvalue weighted by Crippen LogP contribution is -2.15. The van der Waals surface area contributed by atoms with Gasteiger partial charge < -0.3 is 14.2 Å². The van der Waals surface area contributed by atoms with Crippen LogP contribution in [0, 0.1) is 6.92 Å². The van der Waals surface area contributed by atoms with Gasteiger partial charge in [0.1, 0.15) is 10.6 Å². The highest BCUT2D eigenvalue weighted by atomic mass is 32.2. The Morgan fingerprint density at radius 2 is 1.97 bits per heavy atom. The molecule has 0 aliphatic rings. The summed E-state index contributed by atoms with van der Waals surface area (Å²) in [6, 6.07) is 7.41. The Morgan fingerprint density at radius 1 is 1.30 bits per heavy atom. The number of ether oxygens (including phenoxy) is 1. The average Bonchev–Trinajstić information content (AvgIpc) is 3.03. The molecule has 1 aromatic carbocycles. The van der Waals surface area contributed by atoms with E-state index in [1.54, 1.807) is 13.8 Å². The van der Waals surface area contributed by atoms with Gasteiger partial charge in [0.15, 0.2) is 5.13 Å². The second-order valence-electron chi connectivity index (χ2n) is 7.07. The predicted molar refractivity (Wildman–Crippen MR) is 130 cm³/mol. The molecule has 8 heteroatoms. The Labute approximate surface area is 187 Å². The van der Waals surface area contributed by atoms with Crippen LogP contribution in [0.15, 0.2) is 24.3 Å². The molecule has 0 saturated carbocycles. The molecule has 1 amide bonds. The first kappa shape index (κ1) is 25.8. The monoisotopic (exact) mass is 454 g/mol. The van der Waals surface area contributed by atoms with Gasteiger partial charge in [0.2, 0.25) is 5.91 Å². The van der Waals surface area contributed by atoms with Crippen LogP contribution < -0.4 is 9.50 Å². The van der Waals surface area contributed by atoms with Crippen molar-refractivity contribution >= 4 is 45.0 Å². The second kappa shape index (κ2) is 11.9. The summed E-state index contributed by atoms with van der Waals surface area (Å²) in [4.78, 5) is 28.9. The standard InChI is InChI=1S/C20H26N2O4S2.C2H6.H2/c1-7-25-18(24)17-13(2)21-19(27-17)22-16(23)12-14-9-8-10-15(11-14)26-28(6)20(3,4)5;1-2;/h8-11H,6-7,12H2,1-5H3,(H,21,22,23);1-2H3;1H. The van der Waals surface area contributed by atoms with E-state index in [4.69, 9.17) is 8.92 Å². The number of carbonyl (C=O) groups excluding carboxylic acids is 2. The number of esters is 1. The van der Waals surface area contributed by atoms with Crippen LogP contribution in [0.1, 0.15) is 63.9 Å². The van der Waals surface area contributed by atoms with Crippen LogP contribution in [0.4, 0.5) is 5.13 Å². The number of hydrogen-bond acceptors (Lipinski definition) is 6. The molecule has 0 fully saturated rings. The maximum atomic E-state index is 12.4. The molecule has 30 heavy (non-hydrogen) atoms. The first-order chi connectivity index (χ1) is 14.1. The number of benzene rings is 1. The smallest absolute Gasteiger partial charge is 0.350 e. The zero-order valence-corrected chi connectivity index (χ0v) is 20.5. The first-order valence-corrected chi connectivity index (χ1v) is 12.0. The number of nitrogens with zero attached hydrogens (tertiary/aromatic N) is 1. The van der Waals surface area contributed by atoms with E-state index < -0.39 is 16.7 Å². The van der Waals surface area contributed by atoms with Gasteiger partial charge in [-0.1, -0.05) is 37.3 Å². The minimum Gasteiger partial charge on any atom is -0.462 e. The summed E-state index contributed by atoms with van der Waals surface area (Å²) in [6.07, 6.45) is 0.172. The summed E-state index contributed by atoms with van der Waals surface area (Å²) >= 11 is 1.11. The van der Waals surface area contributed by atoms with E-state index in [2.05, 4.69) is 36.9 Å². The zero-order chi connectivity index (χ0) is 22.9. The van der Waals surface area contributed by atoms with Gasteiger partial charge in [0, 0.05) is 6.17 Å². The van der Waals surface area contributed by atoms with Crippen molar-refractivity contribution in [3.8, 4) is 5.75 Å². The van der Waals surface area contributed by atoms with Crippen LogP contribution in [0.3, 0.4) is 0 Å². The summed E-state index contributed by atoms with van der Waals surface area (Å²) < 4.78 is 10.8. The Hall–Kier alpha value is -2.19. The molecule has 0 bridgehead atoms. The molecule has 0 spiro atoms. The third-order valence-electron chi connectivity index (χ3n) is 3.65. The van der Waals surface area contributed by atoms with E-state index in [-0.39, 0.29) is 18.5 Å². The van der Waals surface area contributed by atoms with Crippen molar-refractivity contribution in [1.82, 2.24) is 4.98 Å². The number of aromatic nitrogens is 1. The van der Waals surface area contributed by atoms with Crippen molar-refractivity contribution in [3.63, 3.8) is 0 Å². The molecule has 0 aliphatic carbocycles. The second-order valence-corrected chi connectivity index (χ2v) is 10.1. The average molecular weight is 455 g/mol. The van der Waals surface area contributed by atoms with E-state index in [0.717, 1.165) is 16.9 Å². The van der Waals surface area contributed by atoms with E-state index in [1.807, 2.05) is 38.1 Å². The first-order valence-electron chi connectivity index (χ1n) is 9.86. The van der Waals surface area contributed by atoms with Crippen molar-refractivity contribution in [3.05, 3.63) is 40.4 Å². The van der Waals surface area contributed by atoms with E-state index in [0.29, 0.717) is 28.1 Å². The summed E-state index contributed by atoms with van der Waals surface area (Å²) in [5.74, 6) is 4.12. The molecule has 6 nitrogen and oxygen atoms in total. The molecule has 168 valence electrons. The van der Waals surface area contributed by atoms with Gasteiger partial charge in [0.05, 0.1) is 18.7 Å². The number of rotatable bonds is 7. The van der Waals surface area contributed by atoms with Crippen LogP contribution in [-0.2, 0) is 16.0 Å². The highest BCUT2D eigenvalue weighted by Crippen LogP contribution is 2.33. The summed E-state index contributed by atoms with van der Waals surface area (Å²) in [6.45, 7) is 14.0. The summed E-state index contributed by atoms with van der Waals surface area (Å²) in [7, 11) is -0.500. The van der Waals surface area contributed by atoms with Crippen molar-refractivity contribution in [2.45, 2.75) is 59.6 Å². The Balaban J connectivity index is 0.00000291. The minimum absolute atomic E-state index is 0. The quantitative estimate of drug-likeness (QED) is 0.418. The molecule has 2 aromatic rings. The van der Waals surface area contributed by atoms with Crippen molar-refractivity contribution in [2.75, 3.05) is 11.9 Å². The van der Waals surface area contributed by atoms with E-state index >= 15 is 0 Å². The minimum atomic E-state index is -0.500. The molecule has 2 rings (SSSR count). The van der Waals surface area contributed by atoms with E-state index in [9.17, 15) is 9.59 Å². The Kier molecular flexibility index (Phi) is 10.2. The van der Waals surface area contributed by atoms with Gasteiger partial charge in [-0.2, -0.15) is 0 Å². The molecule has 1 N–H and O–H groups in total. The lowest BCUT2D eigenvalue weighted by atomic mass is 10.1. The fraction of sp³-hybridized carbons (Fsp3) is 0.455. The van der Waals surface area contributed by atoms with Crippen LogP contribution in [0.25, 0.3) is 0 Å². The summed E-state index contributed by atoms with van der Waals surface area (Å²) in [5.41, 5.74) is 1.36. The van der Waals surface area contributed by atoms with Gasteiger partial charge in [-0.15, -0.1) is 0 Å². The third kappa shape index (κ3) is 7.91. The van der Waals surface area contributed by atoms with Crippen molar-refractivity contribution < 1.29 is 19.9 Å². The molecule has 0 aliphatic heterocycles. The number of nitrogens with one attached hydrogen (secondary N) is 1. The number of anilines is 1. The lowest BCUT2D eigenvalue weighted by Gasteiger charge is -2.23. The fourth-order valence-electron chi connectivity index (χ4n) is 2.13.